The Bertz CT molecular complexity index is 576. The van der Waals surface area contributed by atoms with Gasteiger partial charge in [0.25, 0.3) is 5.89 Å². The highest BCUT2D eigenvalue weighted by Gasteiger charge is 2.21. The molecule has 0 amide bonds. The summed E-state index contributed by atoms with van der Waals surface area (Å²) in [5.74, 6) is 1.22. The largest absolute Gasteiger partial charge is 0.334 e. The van der Waals surface area contributed by atoms with Crippen LogP contribution in [0.25, 0.3) is 11.5 Å². The Hall–Kier alpha value is -1.39. The van der Waals surface area contributed by atoms with Crippen LogP contribution in [0.3, 0.4) is 0 Å². The van der Waals surface area contributed by atoms with Crippen LogP contribution in [0.5, 0.6) is 0 Å². The molecular formula is C14H16ClN3O. The number of aromatic nitrogens is 2. The van der Waals surface area contributed by atoms with Crippen molar-refractivity contribution in [3.63, 3.8) is 0 Å². The summed E-state index contributed by atoms with van der Waals surface area (Å²) in [6.45, 7) is 3.01. The lowest BCUT2D eigenvalue weighted by molar-refractivity contribution is 0.367. The molecule has 1 aromatic carbocycles. The first-order valence-electron chi connectivity index (χ1n) is 6.57. The van der Waals surface area contributed by atoms with Crippen molar-refractivity contribution in [2.45, 2.75) is 32.2 Å². The summed E-state index contributed by atoms with van der Waals surface area (Å²) in [5, 5.41) is 8.12. The Morgan fingerprint density at radius 1 is 1.37 bits per heavy atom. The molecule has 4 nitrogen and oxygen atoms in total. The van der Waals surface area contributed by atoms with Crippen molar-refractivity contribution >= 4 is 11.6 Å². The van der Waals surface area contributed by atoms with Crippen molar-refractivity contribution in [3.05, 3.63) is 34.6 Å². The summed E-state index contributed by atoms with van der Waals surface area (Å²) in [7, 11) is 0. The molecule has 19 heavy (non-hydrogen) atoms. The van der Waals surface area contributed by atoms with Gasteiger partial charge in [-0.3, -0.25) is 0 Å². The zero-order valence-corrected chi connectivity index (χ0v) is 11.6. The van der Waals surface area contributed by atoms with Crippen LogP contribution >= 0.6 is 11.6 Å². The summed E-state index contributed by atoms with van der Waals surface area (Å²) in [4.78, 5) is 4.47. The van der Waals surface area contributed by atoms with Gasteiger partial charge in [-0.2, -0.15) is 4.98 Å². The smallest absolute Gasteiger partial charge is 0.259 e. The number of nitrogens with one attached hydrogen (secondary N) is 1. The zero-order valence-electron chi connectivity index (χ0n) is 10.8. The number of hydrogen-bond acceptors (Lipinski definition) is 4. The predicted octanol–water partition coefficient (Wildman–Crippen LogP) is 3.51. The van der Waals surface area contributed by atoms with E-state index in [0.29, 0.717) is 10.9 Å². The van der Waals surface area contributed by atoms with Crippen molar-refractivity contribution in [2.24, 2.45) is 0 Å². The van der Waals surface area contributed by atoms with E-state index in [-0.39, 0.29) is 6.04 Å². The van der Waals surface area contributed by atoms with Gasteiger partial charge in [-0.05, 0) is 44.0 Å². The van der Waals surface area contributed by atoms with E-state index in [0.717, 1.165) is 29.9 Å². The SMILES string of the molecule is Cc1ccc(-c2nc(C3CCCCN3)no2)c(Cl)c1. The third kappa shape index (κ3) is 2.65. The second-order valence-corrected chi connectivity index (χ2v) is 5.35. The fourth-order valence-electron chi connectivity index (χ4n) is 2.35. The minimum atomic E-state index is 0.204. The molecule has 1 atom stereocenters. The maximum absolute atomic E-state index is 6.22. The molecule has 0 bridgehead atoms. The van der Waals surface area contributed by atoms with E-state index in [4.69, 9.17) is 16.1 Å². The van der Waals surface area contributed by atoms with Crippen LogP contribution in [0, 0.1) is 6.92 Å². The number of halogens is 1. The molecule has 1 aliphatic rings. The average Bonchev–Trinajstić information content (AvgIpc) is 2.89. The lowest BCUT2D eigenvalue weighted by atomic mass is 10.0. The number of piperidine rings is 1. The van der Waals surface area contributed by atoms with Crippen LogP contribution < -0.4 is 5.32 Å². The van der Waals surface area contributed by atoms with Crippen LogP contribution in [0.15, 0.2) is 22.7 Å². The Labute approximate surface area is 117 Å². The highest BCUT2D eigenvalue weighted by molar-refractivity contribution is 6.33. The molecule has 1 aliphatic heterocycles. The van der Waals surface area contributed by atoms with E-state index >= 15 is 0 Å². The lowest BCUT2D eigenvalue weighted by Crippen LogP contribution is -2.27. The molecule has 0 radical (unpaired) electrons. The molecule has 5 heteroatoms. The van der Waals surface area contributed by atoms with Gasteiger partial charge in [0.15, 0.2) is 5.82 Å². The summed E-state index contributed by atoms with van der Waals surface area (Å²) in [6, 6.07) is 6.02. The molecule has 1 unspecified atom stereocenters. The van der Waals surface area contributed by atoms with Crippen LogP contribution in [0.1, 0.15) is 36.7 Å². The van der Waals surface area contributed by atoms with Crippen LogP contribution in [0.2, 0.25) is 5.02 Å². The zero-order chi connectivity index (χ0) is 13.2. The van der Waals surface area contributed by atoms with Crippen LogP contribution in [-0.4, -0.2) is 16.7 Å². The van der Waals surface area contributed by atoms with Crippen molar-refractivity contribution in [1.29, 1.82) is 0 Å². The first-order chi connectivity index (χ1) is 9.24. The minimum Gasteiger partial charge on any atom is -0.334 e. The second kappa shape index (κ2) is 5.31. The maximum Gasteiger partial charge on any atom is 0.259 e. The van der Waals surface area contributed by atoms with E-state index in [1.807, 2.05) is 25.1 Å². The minimum absolute atomic E-state index is 0.204. The molecule has 1 aromatic heterocycles. The summed E-state index contributed by atoms with van der Waals surface area (Å²) in [5.41, 5.74) is 1.91. The third-order valence-corrected chi connectivity index (χ3v) is 3.73. The number of hydrogen-bond donors (Lipinski definition) is 1. The Kier molecular flexibility index (Phi) is 3.53. The monoisotopic (exact) mass is 277 g/mol. The van der Waals surface area contributed by atoms with E-state index in [9.17, 15) is 0 Å². The number of aryl methyl sites for hydroxylation is 1. The molecule has 0 spiro atoms. The van der Waals surface area contributed by atoms with E-state index in [1.165, 1.54) is 12.8 Å². The quantitative estimate of drug-likeness (QED) is 0.913. The topological polar surface area (TPSA) is 51.0 Å². The van der Waals surface area contributed by atoms with E-state index < -0.39 is 0 Å². The van der Waals surface area contributed by atoms with Gasteiger partial charge in [0.1, 0.15) is 0 Å². The first-order valence-corrected chi connectivity index (χ1v) is 6.95. The molecule has 0 saturated carbocycles. The highest BCUT2D eigenvalue weighted by atomic mass is 35.5. The van der Waals surface area contributed by atoms with Gasteiger partial charge < -0.3 is 9.84 Å². The normalized spacial score (nSPS) is 19.6. The first kappa shape index (κ1) is 12.6. The second-order valence-electron chi connectivity index (χ2n) is 4.94. The molecule has 1 fully saturated rings. The van der Waals surface area contributed by atoms with E-state index in [1.54, 1.807) is 0 Å². The third-order valence-electron chi connectivity index (χ3n) is 3.42. The van der Waals surface area contributed by atoms with Crippen LogP contribution in [-0.2, 0) is 0 Å². The van der Waals surface area contributed by atoms with Crippen molar-refractivity contribution in [1.82, 2.24) is 15.5 Å². The molecule has 2 heterocycles. The van der Waals surface area contributed by atoms with E-state index in [2.05, 4.69) is 15.5 Å². The molecular weight excluding hydrogens is 262 g/mol. The molecule has 1 N–H and O–H groups in total. The molecule has 0 aliphatic carbocycles. The Balaban J connectivity index is 1.87. The number of benzene rings is 1. The lowest BCUT2D eigenvalue weighted by Gasteiger charge is -2.19. The Morgan fingerprint density at radius 2 is 2.26 bits per heavy atom. The highest BCUT2D eigenvalue weighted by Crippen LogP contribution is 2.29. The van der Waals surface area contributed by atoms with Gasteiger partial charge in [0, 0.05) is 0 Å². The van der Waals surface area contributed by atoms with Crippen molar-refractivity contribution in [2.75, 3.05) is 6.54 Å². The standard InChI is InChI=1S/C14H16ClN3O/c1-9-5-6-10(11(15)8-9)14-17-13(18-19-14)12-4-2-3-7-16-12/h5-6,8,12,16H,2-4,7H2,1H3. The van der Waals surface area contributed by atoms with Gasteiger partial charge in [-0.15, -0.1) is 0 Å². The number of nitrogens with zero attached hydrogens (tertiary/aromatic N) is 2. The maximum atomic E-state index is 6.22. The van der Waals surface area contributed by atoms with Gasteiger partial charge in [0.05, 0.1) is 16.6 Å². The molecule has 3 rings (SSSR count). The summed E-state index contributed by atoms with van der Waals surface area (Å²) in [6.07, 6.45) is 3.47. The van der Waals surface area contributed by atoms with Gasteiger partial charge >= 0.3 is 0 Å². The fraction of sp³-hybridized carbons (Fsp3) is 0.429. The summed E-state index contributed by atoms with van der Waals surface area (Å²) >= 11 is 6.22. The van der Waals surface area contributed by atoms with Crippen molar-refractivity contribution < 1.29 is 4.52 Å². The number of rotatable bonds is 2. The molecule has 100 valence electrons. The predicted molar refractivity (Wildman–Crippen MR) is 74.1 cm³/mol. The summed E-state index contributed by atoms with van der Waals surface area (Å²) < 4.78 is 5.34. The van der Waals surface area contributed by atoms with Gasteiger partial charge in [-0.1, -0.05) is 29.2 Å². The van der Waals surface area contributed by atoms with Gasteiger partial charge in [-0.25, -0.2) is 0 Å². The van der Waals surface area contributed by atoms with Crippen molar-refractivity contribution in [3.8, 4) is 11.5 Å². The van der Waals surface area contributed by atoms with Gasteiger partial charge in [0.2, 0.25) is 0 Å². The van der Waals surface area contributed by atoms with Crippen LogP contribution in [0.4, 0.5) is 0 Å². The molecule has 2 aromatic rings. The average molecular weight is 278 g/mol. The molecule has 1 saturated heterocycles. The Morgan fingerprint density at radius 3 is 3.00 bits per heavy atom. The fourth-order valence-corrected chi connectivity index (χ4v) is 2.67.